The number of methoxy groups -OCH3 is 2. The van der Waals surface area contributed by atoms with Crippen molar-refractivity contribution in [3.63, 3.8) is 0 Å². The Kier molecular flexibility index (Phi) is 9.96. The highest BCUT2D eigenvalue weighted by molar-refractivity contribution is 5.97. The molecule has 9 nitrogen and oxygen atoms in total. The summed E-state index contributed by atoms with van der Waals surface area (Å²) >= 11 is 0. The highest BCUT2D eigenvalue weighted by atomic mass is 16.7. The molecule has 9 heteroatoms. The number of likely N-dealkylation sites (N-methyl/N-ethyl adjacent to an activating group) is 1. The number of amidine groups is 1. The number of hydrogen-bond acceptors (Lipinski definition) is 8. The van der Waals surface area contributed by atoms with E-state index in [4.69, 9.17) is 26.7 Å². The van der Waals surface area contributed by atoms with E-state index in [-0.39, 0.29) is 18.2 Å². The van der Waals surface area contributed by atoms with Gasteiger partial charge in [0.05, 0.1) is 6.04 Å². The maximum Gasteiger partial charge on any atom is 0.158 e. The first-order chi connectivity index (χ1) is 15.8. The van der Waals surface area contributed by atoms with Crippen LogP contribution in [-0.4, -0.2) is 57.1 Å². The van der Waals surface area contributed by atoms with Gasteiger partial charge in [0.25, 0.3) is 0 Å². The van der Waals surface area contributed by atoms with Gasteiger partial charge in [0.1, 0.15) is 11.7 Å². The number of nitrogens with zero attached hydrogens (tertiary/aromatic N) is 3. The largest absolute Gasteiger partial charge is 0.404 e. The van der Waals surface area contributed by atoms with Crippen molar-refractivity contribution in [2.75, 3.05) is 27.8 Å². The standard InChI is InChI=1S/C24H37N7O2/c1-16(2)17(12-25)11-22(27)30-23-7-6-21-20(29-23)10-18(15-31(21)3)19(13-26)14-28-9-8-24(32-4)33-5/h6-7,10-16,21,24H,8-9,25-27H2,1-5H3,(H,29,30)/b17-12+,19-13?,22-11+,28-14?. The summed E-state index contributed by atoms with van der Waals surface area (Å²) in [6.07, 6.45) is 15.1. The van der Waals surface area contributed by atoms with Gasteiger partial charge in [0, 0.05) is 69.7 Å². The number of allylic oxidation sites excluding steroid dienone is 5. The zero-order chi connectivity index (χ0) is 24.4. The lowest BCUT2D eigenvalue weighted by Crippen LogP contribution is -2.41. The zero-order valence-corrected chi connectivity index (χ0v) is 20.2. The van der Waals surface area contributed by atoms with Gasteiger partial charge in [-0.3, -0.25) is 4.99 Å². The van der Waals surface area contributed by atoms with Crippen LogP contribution in [0.5, 0.6) is 0 Å². The first-order valence-corrected chi connectivity index (χ1v) is 10.9. The molecule has 0 saturated heterocycles. The average Bonchev–Trinajstić information content (AvgIpc) is 2.79. The number of hydrogen-bond donors (Lipinski definition) is 4. The second kappa shape index (κ2) is 12.7. The summed E-state index contributed by atoms with van der Waals surface area (Å²) in [6.45, 7) is 4.66. The SMILES string of the molecule is COC(CCN=CC(=CN)C1=CN(C)C2C=CC(=N/C(N)=C/C(=C\N)C(C)C)NC2=C1)OC. The average molecular weight is 456 g/mol. The molecule has 2 heterocycles. The molecule has 7 N–H and O–H groups in total. The van der Waals surface area contributed by atoms with E-state index in [1.54, 1.807) is 38.9 Å². The molecule has 0 fully saturated rings. The third kappa shape index (κ3) is 7.37. The van der Waals surface area contributed by atoms with Gasteiger partial charge in [0.2, 0.25) is 0 Å². The molecule has 2 rings (SSSR count). The van der Waals surface area contributed by atoms with Crippen molar-refractivity contribution in [1.82, 2.24) is 10.2 Å². The van der Waals surface area contributed by atoms with Crippen LogP contribution in [0, 0.1) is 5.92 Å². The van der Waals surface area contributed by atoms with Gasteiger partial charge in [0.15, 0.2) is 6.29 Å². The van der Waals surface area contributed by atoms with E-state index in [1.807, 2.05) is 25.4 Å². The Labute approximate surface area is 196 Å². The molecule has 0 aromatic rings. The van der Waals surface area contributed by atoms with Crippen LogP contribution in [0.25, 0.3) is 0 Å². The molecular formula is C24H37N7O2. The first kappa shape index (κ1) is 26.0. The summed E-state index contributed by atoms with van der Waals surface area (Å²) in [5.74, 6) is 1.29. The van der Waals surface area contributed by atoms with Crippen molar-refractivity contribution in [1.29, 1.82) is 0 Å². The smallest absolute Gasteiger partial charge is 0.158 e. The number of aliphatic imine (C=N–C) groups is 2. The van der Waals surface area contributed by atoms with Crippen molar-refractivity contribution in [2.24, 2.45) is 33.1 Å². The van der Waals surface area contributed by atoms with E-state index in [0.29, 0.717) is 24.6 Å². The fourth-order valence-electron chi connectivity index (χ4n) is 3.39. The zero-order valence-electron chi connectivity index (χ0n) is 20.2. The Morgan fingerprint density at radius 2 is 1.97 bits per heavy atom. The highest BCUT2D eigenvalue weighted by Crippen LogP contribution is 2.24. The molecule has 1 atom stereocenters. The van der Waals surface area contributed by atoms with Crippen LogP contribution in [0.2, 0.25) is 0 Å². The second-order valence-electron chi connectivity index (χ2n) is 8.01. The third-order valence-corrected chi connectivity index (χ3v) is 5.31. The minimum atomic E-state index is -0.273. The summed E-state index contributed by atoms with van der Waals surface area (Å²) in [5, 5.41) is 3.37. The van der Waals surface area contributed by atoms with E-state index < -0.39 is 0 Å². The molecule has 0 amide bonds. The molecule has 0 saturated carbocycles. The summed E-state index contributed by atoms with van der Waals surface area (Å²) < 4.78 is 10.4. The third-order valence-electron chi connectivity index (χ3n) is 5.31. The van der Waals surface area contributed by atoms with Gasteiger partial charge >= 0.3 is 0 Å². The molecule has 0 bridgehead atoms. The Morgan fingerprint density at radius 3 is 2.58 bits per heavy atom. The van der Waals surface area contributed by atoms with Crippen LogP contribution in [0.1, 0.15) is 20.3 Å². The van der Waals surface area contributed by atoms with Crippen LogP contribution in [0.3, 0.4) is 0 Å². The van der Waals surface area contributed by atoms with Gasteiger partial charge < -0.3 is 36.9 Å². The van der Waals surface area contributed by atoms with Crippen LogP contribution in [0.4, 0.5) is 0 Å². The van der Waals surface area contributed by atoms with Crippen LogP contribution < -0.4 is 22.5 Å². The van der Waals surface area contributed by atoms with E-state index in [2.05, 4.69) is 40.1 Å². The fraction of sp³-hybridized carbons (Fsp3) is 0.417. The lowest BCUT2D eigenvalue weighted by molar-refractivity contribution is -0.104. The number of nitrogens with one attached hydrogen (secondary N) is 1. The topological polar surface area (TPSA) is 137 Å². The Balaban J connectivity index is 2.17. The van der Waals surface area contributed by atoms with Gasteiger partial charge in [-0.2, -0.15) is 0 Å². The molecule has 0 aromatic carbocycles. The number of fused-ring (bicyclic) bond motifs is 1. The van der Waals surface area contributed by atoms with Gasteiger partial charge in [-0.1, -0.05) is 19.9 Å². The van der Waals surface area contributed by atoms with Crippen molar-refractivity contribution in [2.45, 2.75) is 32.6 Å². The maximum atomic E-state index is 6.12. The van der Waals surface area contributed by atoms with Crippen molar-refractivity contribution < 1.29 is 9.47 Å². The molecule has 2 aliphatic rings. The van der Waals surface area contributed by atoms with Crippen LogP contribution in [0.15, 0.2) is 81.1 Å². The summed E-state index contributed by atoms with van der Waals surface area (Å²) in [5.41, 5.74) is 21.3. The monoisotopic (exact) mass is 455 g/mol. The van der Waals surface area contributed by atoms with E-state index in [9.17, 15) is 0 Å². The molecule has 0 radical (unpaired) electrons. The highest BCUT2D eigenvalue weighted by Gasteiger charge is 2.24. The molecule has 0 spiro atoms. The Morgan fingerprint density at radius 1 is 1.24 bits per heavy atom. The van der Waals surface area contributed by atoms with E-state index >= 15 is 0 Å². The molecule has 180 valence electrons. The quantitative estimate of drug-likeness (QED) is 0.224. The maximum absolute atomic E-state index is 6.12. The predicted molar refractivity (Wildman–Crippen MR) is 135 cm³/mol. The molecule has 0 aliphatic carbocycles. The Bertz CT molecular complexity index is 919. The van der Waals surface area contributed by atoms with Crippen molar-refractivity contribution >= 4 is 12.1 Å². The minimum Gasteiger partial charge on any atom is -0.404 e. The molecule has 2 aliphatic heterocycles. The Hall–Kier alpha value is -3.30. The molecule has 1 unspecified atom stereocenters. The lowest BCUT2D eigenvalue weighted by atomic mass is 9.98. The van der Waals surface area contributed by atoms with E-state index in [0.717, 1.165) is 22.4 Å². The fourth-order valence-corrected chi connectivity index (χ4v) is 3.39. The van der Waals surface area contributed by atoms with Crippen molar-refractivity contribution in [3.05, 3.63) is 71.1 Å². The number of ether oxygens (including phenoxy) is 2. The predicted octanol–water partition coefficient (Wildman–Crippen LogP) is 1.85. The van der Waals surface area contributed by atoms with Crippen LogP contribution in [-0.2, 0) is 9.47 Å². The van der Waals surface area contributed by atoms with Gasteiger partial charge in [-0.15, -0.1) is 0 Å². The summed E-state index contributed by atoms with van der Waals surface area (Å²) in [7, 11) is 5.23. The number of nitrogens with two attached hydrogens (primary N) is 3. The van der Waals surface area contributed by atoms with E-state index in [1.165, 1.54) is 0 Å². The summed E-state index contributed by atoms with van der Waals surface area (Å²) in [6, 6.07) is 0.0631. The van der Waals surface area contributed by atoms with Gasteiger partial charge in [-0.05, 0) is 35.9 Å². The second-order valence-corrected chi connectivity index (χ2v) is 8.01. The normalized spacial score (nSPS) is 21.1. The number of rotatable bonds is 10. The molecule has 0 aromatic heterocycles. The lowest BCUT2D eigenvalue weighted by Gasteiger charge is -2.34. The summed E-state index contributed by atoms with van der Waals surface area (Å²) in [4.78, 5) is 11.1. The van der Waals surface area contributed by atoms with Crippen LogP contribution >= 0.6 is 0 Å². The minimum absolute atomic E-state index is 0.0631. The molecular weight excluding hydrogens is 418 g/mol. The van der Waals surface area contributed by atoms with Crippen molar-refractivity contribution in [3.8, 4) is 0 Å². The molecule has 33 heavy (non-hydrogen) atoms. The first-order valence-electron chi connectivity index (χ1n) is 10.9. The van der Waals surface area contributed by atoms with Gasteiger partial charge in [-0.25, -0.2) is 4.99 Å².